The van der Waals surface area contributed by atoms with Crippen LogP contribution in [-0.2, 0) is 0 Å². The summed E-state index contributed by atoms with van der Waals surface area (Å²) in [5.74, 6) is 0.675. The summed E-state index contributed by atoms with van der Waals surface area (Å²) in [5.41, 5.74) is 1.67. The molecule has 0 spiro atoms. The minimum atomic E-state index is -0.332. The molecular weight excluding hydrogens is 333 g/mol. The Hall–Kier alpha value is -3.41. The van der Waals surface area contributed by atoms with Gasteiger partial charge in [0.15, 0.2) is 0 Å². The molecule has 3 aromatic rings. The molecule has 0 atom stereocenters. The van der Waals surface area contributed by atoms with Gasteiger partial charge >= 0.3 is 0 Å². The van der Waals surface area contributed by atoms with E-state index in [4.69, 9.17) is 4.74 Å². The highest BCUT2D eigenvalue weighted by molar-refractivity contribution is 6.04. The molecule has 0 aliphatic rings. The average molecular weight is 351 g/mol. The second-order valence-electron chi connectivity index (χ2n) is 5.48. The molecule has 0 aliphatic heterocycles. The molecule has 1 aromatic heterocycles. The summed E-state index contributed by atoms with van der Waals surface area (Å²) < 4.78 is 18.6. The van der Waals surface area contributed by atoms with E-state index in [1.54, 1.807) is 48.5 Å². The van der Waals surface area contributed by atoms with Crippen molar-refractivity contribution in [2.24, 2.45) is 0 Å². The van der Waals surface area contributed by atoms with Gasteiger partial charge in [-0.1, -0.05) is 6.07 Å². The van der Waals surface area contributed by atoms with Gasteiger partial charge in [0.25, 0.3) is 5.91 Å². The number of benzene rings is 2. The molecule has 0 saturated carbocycles. The lowest BCUT2D eigenvalue weighted by Gasteiger charge is -2.08. The largest absolute Gasteiger partial charge is 0.494 e. The number of hydrogen-bond acceptors (Lipinski definition) is 4. The third-order valence-electron chi connectivity index (χ3n) is 3.55. The molecule has 0 radical (unpaired) electrons. The molecule has 1 heterocycles. The van der Waals surface area contributed by atoms with Crippen LogP contribution in [0.15, 0.2) is 66.9 Å². The van der Waals surface area contributed by atoms with Gasteiger partial charge in [0.05, 0.1) is 12.2 Å². The van der Waals surface area contributed by atoms with Gasteiger partial charge in [0, 0.05) is 17.6 Å². The Bertz CT molecular complexity index is 880. The van der Waals surface area contributed by atoms with Crippen molar-refractivity contribution in [1.82, 2.24) is 4.98 Å². The van der Waals surface area contributed by atoms with E-state index in [-0.39, 0.29) is 11.7 Å². The molecule has 0 fully saturated rings. The van der Waals surface area contributed by atoms with Gasteiger partial charge in [-0.15, -0.1) is 0 Å². The molecule has 26 heavy (non-hydrogen) atoms. The summed E-state index contributed by atoms with van der Waals surface area (Å²) >= 11 is 0. The monoisotopic (exact) mass is 351 g/mol. The van der Waals surface area contributed by atoms with Gasteiger partial charge in [0.2, 0.25) is 0 Å². The zero-order chi connectivity index (χ0) is 18.4. The molecule has 0 unspecified atom stereocenters. The van der Waals surface area contributed by atoms with Crippen LogP contribution in [0.1, 0.15) is 17.3 Å². The first-order valence-electron chi connectivity index (χ1n) is 8.17. The van der Waals surface area contributed by atoms with Crippen molar-refractivity contribution < 1.29 is 13.9 Å². The van der Waals surface area contributed by atoms with E-state index in [9.17, 15) is 9.18 Å². The lowest BCUT2D eigenvalue weighted by atomic mass is 10.2. The Morgan fingerprint density at radius 2 is 1.88 bits per heavy atom. The smallest absolute Gasteiger partial charge is 0.257 e. The predicted octanol–water partition coefficient (Wildman–Crippen LogP) is 4.62. The molecule has 0 bridgehead atoms. The summed E-state index contributed by atoms with van der Waals surface area (Å²) in [5, 5.41) is 5.78. The molecular formula is C20H18FN3O2. The minimum absolute atomic E-state index is 0.265. The summed E-state index contributed by atoms with van der Waals surface area (Å²) in [6, 6.07) is 16.5. The van der Waals surface area contributed by atoms with Crippen molar-refractivity contribution in [3.8, 4) is 5.75 Å². The fourth-order valence-corrected chi connectivity index (χ4v) is 2.32. The quantitative estimate of drug-likeness (QED) is 0.680. The Labute approximate surface area is 150 Å². The molecule has 0 saturated heterocycles. The zero-order valence-electron chi connectivity index (χ0n) is 14.2. The molecule has 1 amide bonds. The van der Waals surface area contributed by atoms with Gasteiger partial charge in [0.1, 0.15) is 17.4 Å². The number of ether oxygens (including phenoxy) is 1. The van der Waals surface area contributed by atoms with Crippen LogP contribution in [0.4, 0.5) is 21.6 Å². The lowest BCUT2D eigenvalue weighted by Crippen LogP contribution is -2.12. The first-order valence-corrected chi connectivity index (χ1v) is 8.17. The maximum Gasteiger partial charge on any atom is 0.257 e. The number of aromatic nitrogens is 1. The first kappa shape index (κ1) is 17.4. The van der Waals surface area contributed by atoms with E-state index in [0.29, 0.717) is 29.4 Å². The average Bonchev–Trinajstić information content (AvgIpc) is 2.64. The Balaban J connectivity index is 1.63. The number of nitrogens with one attached hydrogen (secondary N) is 2. The highest BCUT2D eigenvalue weighted by atomic mass is 19.1. The number of rotatable bonds is 6. The SMILES string of the molecule is CCOc1ccc(NC(=O)c2ccc(Nc3cccc(F)c3)nc2)cc1. The van der Waals surface area contributed by atoms with E-state index in [1.807, 2.05) is 6.92 Å². The highest BCUT2D eigenvalue weighted by Crippen LogP contribution is 2.18. The molecule has 132 valence electrons. The molecule has 5 nitrogen and oxygen atoms in total. The first-order chi connectivity index (χ1) is 12.6. The summed E-state index contributed by atoms with van der Waals surface area (Å²) in [6.07, 6.45) is 1.46. The van der Waals surface area contributed by atoms with Gasteiger partial charge < -0.3 is 15.4 Å². The minimum Gasteiger partial charge on any atom is -0.494 e. The summed E-state index contributed by atoms with van der Waals surface area (Å²) in [7, 11) is 0. The number of carbonyl (C=O) groups excluding carboxylic acids is 1. The van der Waals surface area contributed by atoms with Crippen molar-refractivity contribution in [3.05, 3.63) is 78.2 Å². The zero-order valence-corrected chi connectivity index (χ0v) is 14.2. The van der Waals surface area contributed by atoms with Crippen LogP contribution in [0.25, 0.3) is 0 Å². The fraction of sp³-hybridized carbons (Fsp3) is 0.100. The number of pyridine rings is 1. The number of halogens is 1. The number of carbonyl (C=O) groups is 1. The number of amides is 1. The Morgan fingerprint density at radius 3 is 2.54 bits per heavy atom. The second kappa shape index (κ2) is 8.11. The normalized spacial score (nSPS) is 10.2. The standard InChI is InChI=1S/C20H18FN3O2/c1-2-26-18-9-7-16(8-10-18)24-20(25)14-6-11-19(22-13-14)23-17-5-3-4-15(21)12-17/h3-13H,2H2,1H3,(H,22,23)(H,24,25). The third-order valence-corrected chi connectivity index (χ3v) is 3.55. The van der Waals surface area contributed by atoms with Crippen molar-refractivity contribution in [2.75, 3.05) is 17.2 Å². The molecule has 6 heteroatoms. The Morgan fingerprint density at radius 1 is 1.08 bits per heavy atom. The Kier molecular flexibility index (Phi) is 5.43. The van der Waals surface area contributed by atoms with Crippen molar-refractivity contribution in [2.45, 2.75) is 6.92 Å². The summed E-state index contributed by atoms with van der Waals surface area (Å²) in [4.78, 5) is 16.5. The predicted molar refractivity (Wildman–Crippen MR) is 99.5 cm³/mol. The highest BCUT2D eigenvalue weighted by Gasteiger charge is 2.07. The van der Waals surface area contributed by atoms with Crippen LogP contribution < -0.4 is 15.4 Å². The van der Waals surface area contributed by atoms with Crippen LogP contribution in [0.2, 0.25) is 0 Å². The number of hydrogen-bond donors (Lipinski definition) is 2. The van der Waals surface area contributed by atoms with E-state index in [0.717, 1.165) is 5.75 Å². The van der Waals surface area contributed by atoms with E-state index in [2.05, 4.69) is 15.6 Å². The molecule has 2 N–H and O–H groups in total. The van der Waals surface area contributed by atoms with Crippen LogP contribution in [0.5, 0.6) is 5.75 Å². The van der Waals surface area contributed by atoms with Crippen molar-refractivity contribution in [1.29, 1.82) is 0 Å². The topological polar surface area (TPSA) is 63.2 Å². The summed E-state index contributed by atoms with van der Waals surface area (Å²) in [6.45, 7) is 2.50. The molecule has 0 aliphatic carbocycles. The second-order valence-corrected chi connectivity index (χ2v) is 5.48. The number of anilines is 3. The maximum absolute atomic E-state index is 13.2. The van der Waals surface area contributed by atoms with E-state index in [1.165, 1.54) is 18.3 Å². The van der Waals surface area contributed by atoms with Crippen LogP contribution >= 0.6 is 0 Å². The van der Waals surface area contributed by atoms with Crippen molar-refractivity contribution >= 4 is 23.1 Å². The van der Waals surface area contributed by atoms with Crippen LogP contribution in [0, 0.1) is 5.82 Å². The van der Waals surface area contributed by atoms with Gasteiger partial charge in [-0.3, -0.25) is 4.79 Å². The van der Waals surface area contributed by atoms with Gasteiger partial charge in [-0.05, 0) is 61.5 Å². The number of nitrogens with zero attached hydrogens (tertiary/aromatic N) is 1. The molecule has 2 aromatic carbocycles. The molecule has 3 rings (SSSR count). The van der Waals surface area contributed by atoms with Crippen molar-refractivity contribution in [3.63, 3.8) is 0 Å². The van der Waals surface area contributed by atoms with Crippen LogP contribution in [0.3, 0.4) is 0 Å². The fourth-order valence-electron chi connectivity index (χ4n) is 2.32. The van der Waals surface area contributed by atoms with Crippen LogP contribution in [-0.4, -0.2) is 17.5 Å². The van der Waals surface area contributed by atoms with Gasteiger partial charge in [-0.25, -0.2) is 9.37 Å². The van der Waals surface area contributed by atoms with E-state index >= 15 is 0 Å². The lowest BCUT2D eigenvalue weighted by molar-refractivity contribution is 0.102. The maximum atomic E-state index is 13.2. The third kappa shape index (κ3) is 4.57. The van der Waals surface area contributed by atoms with Gasteiger partial charge in [-0.2, -0.15) is 0 Å². The van der Waals surface area contributed by atoms with E-state index < -0.39 is 0 Å².